The molecule has 1 amide bonds. The van der Waals surface area contributed by atoms with Gasteiger partial charge in [0.1, 0.15) is 0 Å². The summed E-state index contributed by atoms with van der Waals surface area (Å²) in [6.45, 7) is 5.12. The average molecular weight is 280 g/mol. The van der Waals surface area contributed by atoms with E-state index < -0.39 is 0 Å². The molecule has 3 nitrogen and oxygen atoms in total. The van der Waals surface area contributed by atoms with E-state index in [9.17, 15) is 4.79 Å². The molecule has 1 aliphatic heterocycles. The molecular formula is C18H20N2O. The van der Waals surface area contributed by atoms with E-state index in [0.29, 0.717) is 11.5 Å². The lowest BCUT2D eigenvalue weighted by Crippen LogP contribution is -2.18. The molecule has 2 atom stereocenters. The minimum atomic E-state index is -0.368. The van der Waals surface area contributed by atoms with Crippen LogP contribution >= 0.6 is 0 Å². The molecule has 0 aromatic heterocycles. The number of nitrogens with two attached hydrogens (primary N) is 1. The van der Waals surface area contributed by atoms with E-state index in [2.05, 4.69) is 43.4 Å². The number of benzene rings is 2. The molecule has 21 heavy (non-hydrogen) atoms. The van der Waals surface area contributed by atoms with Crippen LogP contribution in [-0.2, 0) is 6.54 Å². The Balaban J connectivity index is 1.90. The van der Waals surface area contributed by atoms with Crippen LogP contribution in [0.2, 0.25) is 0 Å². The van der Waals surface area contributed by atoms with Gasteiger partial charge in [-0.2, -0.15) is 0 Å². The number of amides is 1. The zero-order chi connectivity index (χ0) is 15.0. The second-order valence-corrected chi connectivity index (χ2v) is 5.84. The quantitative estimate of drug-likeness (QED) is 0.908. The van der Waals surface area contributed by atoms with Crippen molar-refractivity contribution in [3.63, 3.8) is 0 Å². The van der Waals surface area contributed by atoms with Crippen molar-refractivity contribution in [3.05, 3.63) is 70.3 Å². The summed E-state index contributed by atoms with van der Waals surface area (Å²) in [6.07, 6.45) is 0. The maximum absolute atomic E-state index is 11.3. The van der Waals surface area contributed by atoms with Crippen molar-refractivity contribution < 1.29 is 4.79 Å². The number of nitrogens with one attached hydrogen (secondary N) is 1. The molecule has 1 heterocycles. The van der Waals surface area contributed by atoms with Crippen molar-refractivity contribution in [3.8, 4) is 0 Å². The van der Waals surface area contributed by atoms with Crippen LogP contribution in [0.5, 0.6) is 0 Å². The highest BCUT2D eigenvalue weighted by molar-refractivity contribution is 5.93. The van der Waals surface area contributed by atoms with Gasteiger partial charge >= 0.3 is 0 Å². The largest absolute Gasteiger partial charge is 0.366 e. The van der Waals surface area contributed by atoms with Gasteiger partial charge in [-0.25, -0.2) is 0 Å². The molecule has 0 radical (unpaired) electrons. The average Bonchev–Trinajstić information content (AvgIpc) is 2.90. The predicted molar refractivity (Wildman–Crippen MR) is 84.1 cm³/mol. The number of hydrogen-bond acceptors (Lipinski definition) is 2. The summed E-state index contributed by atoms with van der Waals surface area (Å²) >= 11 is 0. The molecule has 3 rings (SSSR count). The maximum Gasteiger partial charge on any atom is 0.248 e. The fourth-order valence-corrected chi connectivity index (χ4v) is 3.05. The molecule has 0 spiro atoms. The number of fused-ring (bicyclic) bond motifs is 1. The smallest absolute Gasteiger partial charge is 0.248 e. The molecule has 0 bridgehead atoms. The lowest BCUT2D eigenvalue weighted by atomic mass is 9.88. The lowest BCUT2D eigenvalue weighted by molar-refractivity contribution is 0.1000. The van der Waals surface area contributed by atoms with E-state index in [4.69, 9.17) is 5.73 Å². The fraction of sp³-hybridized carbons (Fsp3) is 0.278. The van der Waals surface area contributed by atoms with Crippen molar-refractivity contribution >= 4 is 5.91 Å². The van der Waals surface area contributed by atoms with E-state index in [-0.39, 0.29) is 11.9 Å². The zero-order valence-corrected chi connectivity index (χ0v) is 12.4. The standard InChI is InChI=1S/C18H20N2O/c1-11-3-5-13(6-4-11)12(2)17-16-8-7-14(18(19)21)9-15(16)10-20-17/h3-9,12,17,20H,10H2,1-2H3,(H2,19,21)/t12-,17?/m0/s1. The molecule has 1 unspecified atom stereocenters. The molecule has 2 aromatic rings. The molecule has 0 saturated carbocycles. The first-order valence-corrected chi connectivity index (χ1v) is 7.29. The third-order valence-electron chi connectivity index (χ3n) is 4.38. The van der Waals surface area contributed by atoms with Gasteiger partial charge in [-0.15, -0.1) is 0 Å². The number of carbonyl (C=O) groups excluding carboxylic acids is 1. The SMILES string of the molecule is Cc1ccc([C@H](C)C2NCc3cc(C(N)=O)ccc32)cc1. The Hall–Kier alpha value is -2.13. The van der Waals surface area contributed by atoms with Gasteiger partial charge < -0.3 is 11.1 Å². The first-order valence-electron chi connectivity index (χ1n) is 7.29. The van der Waals surface area contributed by atoms with Crippen LogP contribution in [0.15, 0.2) is 42.5 Å². The summed E-state index contributed by atoms with van der Waals surface area (Å²) in [5, 5.41) is 3.55. The van der Waals surface area contributed by atoms with Crippen LogP contribution in [0.3, 0.4) is 0 Å². The summed E-state index contributed by atoms with van der Waals surface area (Å²) < 4.78 is 0. The van der Waals surface area contributed by atoms with Gasteiger partial charge in [-0.1, -0.05) is 42.8 Å². The molecule has 108 valence electrons. The first kappa shape index (κ1) is 13.8. The van der Waals surface area contributed by atoms with Crippen LogP contribution in [0.4, 0.5) is 0 Å². The predicted octanol–water partition coefficient (Wildman–Crippen LogP) is 3.04. The molecule has 0 saturated heterocycles. The minimum absolute atomic E-state index is 0.282. The molecule has 3 heteroatoms. The van der Waals surface area contributed by atoms with Crippen molar-refractivity contribution in [2.45, 2.75) is 32.4 Å². The second kappa shape index (κ2) is 5.34. The minimum Gasteiger partial charge on any atom is -0.366 e. The topological polar surface area (TPSA) is 55.1 Å². The van der Waals surface area contributed by atoms with Gasteiger partial charge in [0.25, 0.3) is 0 Å². The Kier molecular flexibility index (Phi) is 3.52. The van der Waals surface area contributed by atoms with E-state index in [1.54, 1.807) is 0 Å². The van der Waals surface area contributed by atoms with Crippen molar-refractivity contribution in [2.24, 2.45) is 5.73 Å². The monoisotopic (exact) mass is 280 g/mol. The Morgan fingerprint density at radius 3 is 2.62 bits per heavy atom. The second-order valence-electron chi connectivity index (χ2n) is 5.84. The fourth-order valence-electron chi connectivity index (χ4n) is 3.05. The summed E-state index contributed by atoms with van der Waals surface area (Å²) in [5.74, 6) is 0.0131. The zero-order valence-electron chi connectivity index (χ0n) is 12.4. The van der Waals surface area contributed by atoms with Crippen molar-refractivity contribution in [1.29, 1.82) is 0 Å². The maximum atomic E-state index is 11.3. The van der Waals surface area contributed by atoms with Crippen molar-refractivity contribution in [2.75, 3.05) is 0 Å². The van der Waals surface area contributed by atoms with Gasteiger partial charge in [0, 0.05) is 24.1 Å². The Bertz CT molecular complexity index is 676. The number of primary amides is 1. The van der Waals surface area contributed by atoms with Crippen molar-refractivity contribution in [1.82, 2.24) is 5.32 Å². The molecule has 3 N–H and O–H groups in total. The third kappa shape index (κ3) is 2.57. The van der Waals surface area contributed by atoms with E-state index in [0.717, 1.165) is 6.54 Å². The van der Waals surface area contributed by atoms with Gasteiger partial charge in [0.05, 0.1) is 0 Å². The molecule has 0 fully saturated rings. The van der Waals surface area contributed by atoms with Crippen LogP contribution in [-0.4, -0.2) is 5.91 Å². The van der Waals surface area contributed by atoms with Crippen LogP contribution in [0.1, 0.15) is 51.5 Å². The number of carbonyl (C=O) groups is 1. The Labute approximate surface area is 125 Å². The summed E-state index contributed by atoms with van der Waals surface area (Å²) in [6, 6.07) is 14.7. The van der Waals surface area contributed by atoms with Gasteiger partial charge in [0.15, 0.2) is 0 Å². The van der Waals surface area contributed by atoms with Crippen LogP contribution in [0, 0.1) is 6.92 Å². The normalized spacial score (nSPS) is 18.3. The van der Waals surface area contributed by atoms with Gasteiger partial charge in [-0.05, 0) is 35.7 Å². The summed E-state index contributed by atoms with van der Waals surface area (Å²) in [4.78, 5) is 11.3. The number of aryl methyl sites for hydroxylation is 1. The molecule has 1 aliphatic rings. The molecule has 0 aliphatic carbocycles. The Morgan fingerprint density at radius 1 is 1.24 bits per heavy atom. The van der Waals surface area contributed by atoms with E-state index in [1.807, 2.05) is 18.2 Å². The third-order valence-corrected chi connectivity index (χ3v) is 4.38. The van der Waals surface area contributed by atoms with E-state index >= 15 is 0 Å². The highest BCUT2D eigenvalue weighted by atomic mass is 16.1. The highest BCUT2D eigenvalue weighted by Gasteiger charge is 2.28. The Morgan fingerprint density at radius 2 is 1.95 bits per heavy atom. The van der Waals surface area contributed by atoms with Gasteiger partial charge in [0.2, 0.25) is 5.91 Å². The van der Waals surface area contributed by atoms with Crippen LogP contribution < -0.4 is 11.1 Å². The summed E-state index contributed by atoms with van der Waals surface area (Å²) in [7, 11) is 0. The number of hydrogen-bond donors (Lipinski definition) is 2. The first-order chi connectivity index (χ1) is 10.1. The highest BCUT2D eigenvalue weighted by Crippen LogP contribution is 2.36. The number of rotatable bonds is 3. The van der Waals surface area contributed by atoms with E-state index in [1.165, 1.54) is 22.3 Å². The summed E-state index contributed by atoms with van der Waals surface area (Å²) in [5.41, 5.74) is 11.0. The molecular weight excluding hydrogens is 260 g/mol. The lowest BCUT2D eigenvalue weighted by Gasteiger charge is -2.21. The van der Waals surface area contributed by atoms with Gasteiger partial charge in [-0.3, -0.25) is 4.79 Å². The van der Waals surface area contributed by atoms with Crippen LogP contribution in [0.25, 0.3) is 0 Å². The molecule has 2 aromatic carbocycles.